The van der Waals surface area contributed by atoms with E-state index in [2.05, 4.69) is 41.4 Å². The molecule has 1 N–H and O–H groups in total. The summed E-state index contributed by atoms with van der Waals surface area (Å²) in [4.78, 5) is 18.8. The molecule has 1 heterocycles. The van der Waals surface area contributed by atoms with Crippen molar-refractivity contribution in [2.45, 2.75) is 13.5 Å². The lowest BCUT2D eigenvalue weighted by atomic mass is 10.1. The van der Waals surface area contributed by atoms with Gasteiger partial charge >= 0.3 is 6.03 Å². The highest BCUT2D eigenvalue weighted by molar-refractivity contribution is 5.89. The molecule has 1 fully saturated rings. The molecule has 0 unspecified atom stereocenters. The molecule has 5 nitrogen and oxygen atoms in total. The fraction of sp³-hybridized carbons (Fsp3) is 0.381. The number of nitrogens with one attached hydrogen (secondary N) is 1. The largest absolute Gasteiger partial charge is 0.378 e. The molecule has 2 amide bonds. The molecular weight excluding hydrogens is 324 g/mol. The smallest absolute Gasteiger partial charge is 0.321 e. The highest BCUT2D eigenvalue weighted by atomic mass is 16.2. The van der Waals surface area contributed by atoms with Gasteiger partial charge in [0.15, 0.2) is 0 Å². The van der Waals surface area contributed by atoms with Gasteiger partial charge < -0.3 is 15.1 Å². The van der Waals surface area contributed by atoms with Gasteiger partial charge in [-0.15, -0.1) is 0 Å². The molecule has 0 aliphatic carbocycles. The summed E-state index contributed by atoms with van der Waals surface area (Å²) in [6.07, 6.45) is 0. The van der Waals surface area contributed by atoms with Crippen molar-refractivity contribution in [1.29, 1.82) is 0 Å². The van der Waals surface area contributed by atoms with Gasteiger partial charge in [0.1, 0.15) is 0 Å². The Kier molecular flexibility index (Phi) is 5.78. The zero-order chi connectivity index (χ0) is 18.5. The van der Waals surface area contributed by atoms with Crippen LogP contribution in [-0.4, -0.2) is 56.1 Å². The third kappa shape index (κ3) is 4.55. The van der Waals surface area contributed by atoms with Crippen molar-refractivity contribution in [3.05, 3.63) is 59.7 Å². The second-order valence-corrected chi connectivity index (χ2v) is 7.06. The molecule has 1 aliphatic rings. The van der Waals surface area contributed by atoms with E-state index >= 15 is 0 Å². The second-order valence-electron chi connectivity index (χ2n) is 7.06. The summed E-state index contributed by atoms with van der Waals surface area (Å²) in [6.45, 7) is 6.43. The predicted octanol–water partition coefficient (Wildman–Crippen LogP) is 3.41. The number of nitrogens with zero attached hydrogens (tertiary/aromatic N) is 3. The number of rotatable bonds is 4. The number of urea groups is 1. The van der Waals surface area contributed by atoms with Crippen LogP contribution < -0.4 is 10.2 Å². The molecule has 1 aliphatic heterocycles. The fourth-order valence-corrected chi connectivity index (χ4v) is 3.18. The van der Waals surface area contributed by atoms with Gasteiger partial charge in [-0.25, -0.2) is 4.79 Å². The first kappa shape index (κ1) is 18.3. The summed E-state index contributed by atoms with van der Waals surface area (Å²) in [7, 11) is 4.01. The van der Waals surface area contributed by atoms with E-state index in [-0.39, 0.29) is 6.03 Å². The zero-order valence-electron chi connectivity index (χ0n) is 15.9. The van der Waals surface area contributed by atoms with Crippen LogP contribution in [0.25, 0.3) is 0 Å². The van der Waals surface area contributed by atoms with Crippen molar-refractivity contribution in [3.8, 4) is 0 Å². The second kappa shape index (κ2) is 8.23. The van der Waals surface area contributed by atoms with Gasteiger partial charge in [-0.05, 0) is 42.3 Å². The molecule has 0 aromatic heterocycles. The van der Waals surface area contributed by atoms with Crippen molar-refractivity contribution in [3.63, 3.8) is 0 Å². The molecule has 1 saturated heterocycles. The van der Waals surface area contributed by atoms with Gasteiger partial charge in [0, 0.05) is 58.2 Å². The normalized spacial score (nSPS) is 15.0. The van der Waals surface area contributed by atoms with Gasteiger partial charge in [-0.1, -0.05) is 24.3 Å². The summed E-state index contributed by atoms with van der Waals surface area (Å²) in [5.41, 5.74) is 4.65. The Morgan fingerprint density at radius 2 is 1.65 bits per heavy atom. The summed E-state index contributed by atoms with van der Waals surface area (Å²) in [5.74, 6) is 0. The van der Waals surface area contributed by atoms with Crippen LogP contribution in [0.3, 0.4) is 0 Å². The topological polar surface area (TPSA) is 38.8 Å². The van der Waals surface area contributed by atoms with E-state index in [1.54, 1.807) is 0 Å². The van der Waals surface area contributed by atoms with E-state index in [0.29, 0.717) is 0 Å². The Morgan fingerprint density at radius 3 is 2.27 bits per heavy atom. The number of anilines is 2. The van der Waals surface area contributed by atoms with E-state index in [9.17, 15) is 4.79 Å². The fourth-order valence-electron chi connectivity index (χ4n) is 3.18. The van der Waals surface area contributed by atoms with Crippen LogP contribution in [0.2, 0.25) is 0 Å². The molecule has 0 spiro atoms. The summed E-state index contributed by atoms with van der Waals surface area (Å²) >= 11 is 0. The minimum atomic E-state index is -0.0156. The lowest BCUT2D eigenvalue weighted by molar-refractivity contribution is 0.143. The zero-order valence-corrected chi connectivity index (χ0v) is 15.9. The molecule has 0 atom stereocenters. The molecule has 2 aromatic rings. The number of benzene rings is 2. The van der Waals surface area contributed by atoms with Crippen molar-refractivity contribution in [2.24, 2.45) is 0 Å². The molecule has 2 aromatic carbocycles. The maximum Gasteiger partial charge on any atom is 0.321 e. The van der Waals surface area contributed by atoms with Crippen LogP contribution in [0.1, 0.15) is 11.1 Å². The highest BCUT2D eigenvalue weighted by Gasteiger charge is 2.21. The first-order valence-electron chi connectivity index (χ1n) is 9.13. The van der Waals surface area contributed by atoms with E-state index in [1.807, 2.05) is 48.2 Å². The number of hydrogen-bond acceptors (Lipinski definition) is 3. The quantitative estimate of drug-likeness (QED) is 0.916. The van der Waals surface area contributed by atoms with Gasteiger partial charge in [0.2, 0.25) is 0 Å². The molecule has 0 radical (unpaired) electrons. The summed E-state index contributed by atoms with van der Waals surface area (Å²) < 4.78 is 0. The minimum absolute atomic E-state index is 0.0156. The average molecular weight is 352 g/mol. The third-order valence-electron chi connectivity index (χ3n) is 4.95. The van der Waals surface area contributed by atoms with E-state index in [4.69, 9.17) is 0 Å². The van der Waals surface area contributed by atoms with Crippen LogP contribution in [0.5, 0.6) is 0 Å². The van der Waals surface area contributed by atoms with Crippen LogP contribution in [0, 0.1) is 6.92 Å². The molecule has 0 bridgehead atoms. The van der Waals surface area contributed by atoms with Crippen LogP contribution in [-0.2, 0) is 6.54 Å². The van der Waals surface area contributed by atoms with Gasteiger partial charge in [0.25, 0.3) is 0 Å². The van der Waals surface area contributed by atoms with Gasteiger partial charge in [0.05, 0.1) is 0 Å². The number of carbonyl (C=O) groups excluding carboxylic acids is 1. The van der Waals surface area contributed by atoms with E-state index in [1.165, 1.54) is 11.1 Å². The maximum absolute atomic E-state index is 12.5. The molecule has 0 saturated carbocycles. The first-order valence-corrected chi connectivity index (χ1v) is 9.13. The lowest BCUT2D eigenvalue weighted by Crippen LogP contribution is -2.49. The number of amides is 2. The first-order chi connectivity index (χ1) is 12.5. The lowest BCUT2D eigenvalue weighted by Gasteiger charge is -2.35. The van der Waals surface area contributed by atoms with Crippen LogP contribution in [0.15, 0.2) is 48.5 Å². The Balaban J connectivity index is 1.49. The molecule has 138 valence electrons. The SMILES string of the molecule is Cc1ccccc1CN1CCN(C(=O)Nc2ccc(N(C)C)cc2)CC1. The predicted molar refractivity (Wildman–Crippen MR) is 108 cm³/mol. The average Bonchev–Trinajstić information content (AvgIpc) is 2.64. The Bertz CT molecular complexity index is 734. The molecule has 3 rings (SSSR count). The van der Waals surface area contributed by atoms with E-state index in [0.717, 1.165) is 44.1 Å². The van der Waals surface area contributed by atoms with Gasteiger partial charge in [-0.2, -0.15) is 0 Å². The van der Waals surface area contributed by atoms with Crippen LogP contribution in [0.4, 0.5) is 16.2 Å². The number of carbonyl (C=O) groups is 1. The summed E-state index contributed by atoms with van der Waals surface area (Å²) in [5, 5.41) is 3.00. The molecule has 26 heavy (non-hydrogen) atoms. The van der Waals surface area contributed by atoms with Crippen molar-refractivity contribution in [1.82, 2.24) is 9.80 Å². The monoisotopic (exact) mass is 352 g/mol. The highest BCUT2D eigenvalue weighted by Crippen LogP contribution is 2.17. The summed E-state index contributed by atoms with van der Waals surface area (Å²) in [6, 6.07) is 16.4. The maximum atomic E-state index is 12.5. The van der Waals surface area contributed by atoms with Crippen molar-refractivity contribution in [2.75, 3.05) is 50.5 Å². The number of hydrogen-bond donors (Lipinski definition) is 1. The minimum Gasteiger partial charge on any atom is -0.378 e. The van der Waals surface area contributed by atoms with Gasteiger partial charge in [-0.3, -0.25) is 4.90 Å². The van der Waals surface area contributed by atoms with E-state index < -0.39 is 0 Å². The van der Waals surface area contributed by atoms with Crippen molar-refractivity contribution < 1.29 is 4.79 Å². The Morgan fingerprint density at radius 1 is 1.00 bits per heavy atom. The number of piperazine rings is 1. The third-order valence-corrected chi connectivity index (χ3v) is 4.95. The molecular formula is C21H28N4O. The standard InChI is InChI=1S/C21H28N4O/c1-17-6-4-5-7-18(17)16-24-12-14-25(15-13-24)21(26)22-19-8-10-20(11-9-19)23(2)3/h4-11H,12-16H2,1-3H3,(H,22,26). The van der Waals surface area contributed by atoms with Crippen LogP contribution >= 0.6 is 0 Å². The molecule has 5 heteroatoms. The van der Waals surface area contributed by atoms with Crippen molar-refractivity contribution >= 4 is 17.4 Å². The Labute approximate surface area is 156 Å². The Hall–Kier alpha value is -2.53. The number of aryl methyl sites for hydroxylation is 1.